The fraction of sp³-hybridized carbons (Fsp3) is 0.259. The van der Waals surface area contributed by atoms with E-state index >= 15 is 0 Å². The molecule has 0 unspecified atom stereocenters. The highest BCUT2D eigenvalue weighted by Crippen LogP contribution is 2.33. The van der Waals surface area contributed by atoms with E-state index in [9.17, 15) is 18.0 Å². The second-order valence-electron chi connectivity index (χ2n) is 8.56. The first-order valence-electron chi connectivity index (χ1n) is 11.6. The number of halogens is 2. The Labute approximate surface area is 233 Å². The van der Waals surface area contributed by atoms with Crippen molar-refractivity contribution in [3.8, 4) is 5.75 Å². The van der Waals surface area contributed by atoms with Crippen molar-refractivity contribution in [1.29, 1.82) is 0 Å². The first-order valence-corrected chi connectivity index (χ1v) is 14.2. The molecule has 0 radical (unpaired) electrons. The number of hydrogen-bond donors (Lipinski definition) is 1. The third-order valence-electron chi connectivity index (χ3n) is 5.85. The standard InChI is InChI=1S/C27H29Cl2N3O5S/c1-30-27(34)24(15-19-8-5-4-6-9-19)31(17-20-10-7-11-21(28)14-20)26(33)18-32(38(3,35)36)23-16-22(29)12-13-25(23)37-2/h4-14,16,24H,15,17-18H2,1-3H3,(H,30,34)/t24-/m0/s1. The number of amides is 2. The second kappa shape index (κ2) is 13.0. The summed E-state index contributed by atoms with van der Waals surface area (Å²) in [4.78, 5) is 28.4. The molecule has 3 aromatic carbocycles. The van der Waals surface area contributed by atoms with Crippen LogP contribution in [0.25, 0.3) is 0 Å². The number of nitrogens with one attached hydrogen (secondary N) is 1. The number of likely N-dealkylation sites (N-methyl/N-ethyl adjacent to an activating group) is 1. The summed E-state index contributed by atoms with van der Waals surface area (Å²) in [7, 11) is -1.08. The number of sulfonamides is 1. The average Bonchev–Trinajstić information content (AvgIpc) is 2.88. The lowest BCUT2D eigenvalue weighted by Crippen LogP contribution is -2.52. The molecule has 0 bridgehead atoms. The van der Waals surface area contributed by atoms with Crippen LogP contribution in [0.3, 0.4) is 0 Å². The fourth-order valence-electron chi connectivity index (χ4n) is 4.01. The van der Waals surface area contributed by atoms with E-state index < -0.39 is 34.4 Å². The van der Waals surface area contributed by atoms with Gasteiger partial charge in [-0.2, -0.15) is 0 Å². The van der Waals surface area contributed by atoms with Crippen LogP contribution in [0.2, 0.25) is 10.0 Å². The average molecular weight is 579 g/mol. The molecule has 3 aromatic rings. The largest absolute Gasteiger partial charge is 0.495 e. The number of nitrogens with zero attached hydrogens (tertiary/aromatic N) is 2. The van der Waals surface area contributed by atoms with Crippen LogP contribution >= 0.6 is 23.2 Å². The first-order chi connectivity index (χ1) is 18.0. The zero-order valence-corrected chi connectivity index (χ0v) is 23.6. The van der Waals surface area contributed by atoms with Crippen molar-refractivity contribution in [2.75, 3.05) is 31.3 Å². The number of hydrogen-bond acceptors (Lipinski definition) is 5. The van der Waals surface area contributed by atoms with E-state index in [4.69, 9.17) is 27.9 Å². The van der Waals surface area contributed by atoms with Crippen molar-refractivity contribution in [1.82, 2.24) is 10.2 Å². The molecule has 0 aliphatic heterocycles. The van der Waals surface area contributed by atoms with E-state index in [0.29, 0.717) is 10.6 Å². The van der Waals surface area contributed by atoms with E-state index in [0.717, 1.165) is 16.1 Å². The monoisotopic (exact) mass is 577 g/mol. The number of methoxy groups -OCH3 is 1. The maximum absolute atomic E-state index is 13.9. The Balaban J connectivity index is 2.07. The first kappa shape index (κ1) is 29.3. The molecule has 11 heteroatoms. The maximum Gasteiger partial charge on any atom is 0.244 e. The molecule has 0 aromatic heterocycles. The van der Waals surface area contributed by atoms with Crippen molar-refractivity contribution >= 4 is 50.7 Å². The van der Waals surface area contributed by atoms with Crippen LogP contribution in [0, 0.1) is 0 Å². The SMILES string of the molecule is CNC(=O)[C@H](Cc1ccccc1)N(Cc1cccc(Cl)c1)C(=O)CN(c1cc(Cl)ccc1OC)S(C)(=O)=O. The highest BCUT2D eigenvalue weighted by atomic mass is 35.5. The van der Waals surface area contributed by atoms with Crippen LogP contribution in [0.5, 0.6) is 5.75 Å². The number of ether oxygens (including phenoxy) is 1. The molecule has 1 N–H and O–H groups in total. The Morgan fingerprint density at radius 2 is 1.61 bits per heavy atom. The van der Waals surface area contributed by atoms with Gasteiger partial charge in [0.15, 0.2) is 0 Å². The predicted molar refractivity (Wildman–Crippen MR) is 150 cm³/mol. The van der Waals surface area contributed by atoms with Crippen LogP contribution in [-0.2, 0) is 32.6 Å². The number of carbonyl (C=O) groups excluding carboxylic acids is 2. The summed E-state index contributed by atoms with van der Waals surface area (Å²) < 4.78 is 32.0. The summed E-state index contributed by atoms with van der Waals surface area (Å²) in [5.74, 6) is -0.765. The van der Waals surface area contributed by atoms with Gasteiger partial charge in [0, 0.05) is 30.1 Å². The van der Waals surface area contributed by atoms with Gasteiger partial charge in [-0.1, -0.05) is 65.7 Å². The summed E-state index contributed by atoms with van der Waals surface area (Å²) in [5.41, 5.74) is 1.62. The lowest BCUT2D eigenvalue weighted by atomic mass is 10.0. The molecule has 1 atom stereocenters. The summed E-state index contributed by atoms with van der Waals surface area (Å²) in [5, 5.41) is 3.37. The van der Waals surface area contributed by atoms with E-state index in [1.54, 1.807) is 30.3 Å². The normalized spacial score (nSPS) is 11.9. The van der Waals surface area contributed by atoms with Gasteiger partial charge in [-0.15, -0.1) is 0 Å². The molecule has 0 fully saturated rings. The van der Waals surface area contributed by atoms with Gasteiger partial charge in [-0.25, -0.2) is 8.42 Å². The summed E-state index contributed by atoms with van der Waals surface area (Å²) in [6.45, 7) is -0.563. The van der Waals surface area contributed by atoms with Crippen molar-refractivity contribution < 1.29 is 22.7 Å². The zero-order valence-electron chi connectivity index (χ0n) is 21.2. The topological polar surface area (TPSA) is 96.0 Å². The van der Waals surface area contributed by atoms with Gasteiger partial charge in [0.1, 0.15) is 18.3 Å². The summed E-state index contributed by atoms with van der Waals surface area (Å²) >= 11 is 12.3. The Morgan fingerprint density at radius 3 is 2.21 bits per heavy atom. The minimum absolute atomic E-state index is 0.0224. The second-order valence-corrected chi connectivity index (χ2v) is 11.3. The quantitative estimate of drug-likeness (QED) is 0.369. The Hall–Kier alpha value is -3.27. The third kappa shape index (κ3) is 7.63. The van der Waals surface area contributed by atoms with Gasteiger partial charge < -0.3 is 15.0 Å². The fourth-order valence-corrected chi connectivity index (χ4v) is 5.23. The van der Waals surface area contributed by atoms with Crippen LogP contribution in [0.15, 0.2) is 72.8 Å². The smallest absolute Gasteiger partial charge is 0.244 e. The molecular formula is C27H29Cl2N3O5S. The molecule has 0 heterocycles. The van der Waals surface area contributed by atoms with Gasteiger partial charge in [-0.3, -0.25) is 13.9 Å². The zero-order chi connectivity index (χ0) is 27.9. The Kier molecular flexibility index (Phi) is 10.0. The lowest BCUT2D eigenvalue weighted by Gasteiger charge is -2.33. The highest BCUT2D eigenvalue weighted by molar-refractivity contribution is 7.92. The number of carbonyl (C=O) groups is 2. The van der Waals surface area contributed by atoms with E-state index in [-0.39, 0.29) is 29.4 Å². The molecule has 202 valence electrons. The van der Waals surface area contributed by atoms with Gasteiger partial charge in [0.2, 0.25) is 21.8 Å². The van der Waals surface area contributed by atoms with Crippen molar-refractivity contribution in [2.45, 2.75) is 19.0 Å². The Morgan fingerprint density at radius 1 is 0.947 bits per heavy atom. The van der Waals surface area contributed by atoms with E-state index in [2.05, 4.69) is 5.32 Å². The van der Waals surface area contributed by atoms with Crippen LogP contribution in [-0.4, -0.2) is 58.1 Å². The molecular weight excluding hydrogens is 549 g/mol. The van der Waals surface area contributed by atoms with Crippen molar-refractivity contribution in [3.63, 3.8) is 0 Å². The van der Waals surface area contributed by atoms with Crippen molar-refractivity contribution in [2.24, 2.45) is 0 Å². The van der Waals surface area contributed by atoms with Crippen molar-refractivity contribution in [3.05, 3.63) is 94.0 Å². The predicted octanol–water partition coefficient (Wildman–Crippen LogP) is 4.15. The van der Waals surface area contributed by atoms with Crippen LogP contribution < -0.4 is 14.4 Å². The molecule has 8 nitrogen and oxygen atoms in total. The highest BCUT2D eigenvalue weighted by Gasteiger charge is 2.33. The Bertz CT molecular complexity index is 1390. The number of benzene rings is 3. The lowest BCUT2D eigenvalue weighted by molar-refractivity contribution is -0.139. The molecule has 0 saturated carbocycles. The molecule has 38 heavy (non-hydrogen) atoms. The molecule has 0 aliphatic carbocycles. The maximum atomic E-state index is 13.9. The molecule has 0 aliphatic rings. The van der Waals surface area contributed by atoms with E-state index in [1.165, 1.54) is 31.2 Å². The van der Waals surface area contributed by atoms with Gasteiger partial charge >= 0.3 is 0 Å². The molecule has 0 spiro atoms. The van der Waals surface area contributed by atoms with Gasteiger partial charge in [-0.05, 0) is 41.5 Å². The van der Waals surface area contributed by atoms with Gasteiger partial charge in [0.05, 0.1) is 19.1 Å². The molecule has 0 saturated heterocycles. The van der Waals surface area contributed by atoms with Gasteiger partial charge in [0.25, 0.3) is 0 Å². The minimum Gasteiger partial charge on any atom is -0.495 e. The van der Waals surface area contributed by atoms with Crippen LogP contribution in [0.1, 0.15) is 11.1 Å². The number of anilines is 1. The minimum atomic E-state index is -3.96. The molecule has 3 rings (SSSR count). The van der Waals surface area contributed by atoms with Crippen LogP contribution in [0.4, 0.5) is 5.69 Å². The summed E-state index contributed by atoms with van der Waals surface area (Å²) in [6.07, 6.45) is 1.20. The summed E-state index contributed by atoms with van der Waals surface area (Å²) in [6, 6.07) is 19.7. The van der Waals surface area contributed by atoms with E-state index in [1.807, 2.05) is 30.3 Å². The number of rotatable bonds is 11. The molecule has 2 amide bonds. The third-order valence-corrected chi connectivity index (χ3v) is 7.44.